The summed E-state index contributed by atoms with van der Waals surface area (Å²) in [5.74, 6) is 0.650. The zero-order valence-electron chi connectivity index (χ0n) is 13.9. The van der Waals surface area contributed by atoms with Crippen molar-refractivity contribution in [2.75, 3.05) is 19.6 Å². The summed E-state index contributed by atoms with van der Waals surface area (Å²) in [6.45, 7) is 3.14. The van der Waals surface area contributed by atoms with Crippen molar-refractivity contribution < 1.29 is 9.59 Å². The number of benzene rings is 1. The standard InChI is InChI=1S/C18H26N4O2/c23-17(22-16-7-9-19-10-8-16)15-5-3-14(4-6-15)12-21-18(24)20-11-13-1-2-13/h3-6,13,16,19H,1-2,7-12H2,(H,22,23)(H2,20,21,24). The Kier molecular flexibility index (Phi) is 5.69. The van der Waals surface area contributed by atoms with Gasteiger partial charge in [0.1, 0.15) is 0 Å². The lowest BCUT2D eigenvalue weighted by molar-refractivity contribution is 0.0929. The quantitative estimate of drug-likeness (QED) is 0.636. The lowest BCUT2D eigenvalue weighted by Crippen LogP contribution is -2.42. The number of rotatable bonds is 6. The number of amides is 3. The van der Waals surface area contributed by atoms with Gasteiger partial charge in [-0.15, -0.1) is 0 Å². The van der Waals surface area contributed by atoms with Crippen LogP contribution < -0.4 is 21.3 Å². The van der Waals surface area contributed by atoms with Gasteiger partial charge in [0.2, 0.25) is 0 Å². The summed E-state index contributed by atoms with van der Waals surface area (Å²) in [6, 6.07) is 7.53. The number of nitrogens with one attached hydrogen (secondary N) is 4. The largest absolute Gasteiger partial charge is 0.349 e. The van der Waals surface area contributed by atoms with Crippen molar-refractivity contribution in [3.05, 3.63) is 35.4 Å². The van der Waals surface area contributed by atoms with Crippen LogP contribution in [-0.4, -0.2) is 37.6 Å². The number of carbonyl (C=O) groups excluding carboxylic acids is 2. The number of hydrogen-bond acceptors (Lipinski definition) is 3. The molecule has 1 aromatic rings. The maximum absolute atomic E-state index is 12.2. The van der Waals surface area contributed by atoms with Crippen LogP contribution >= 0.6 is 0 Å². The summed E-state index contributed by atoms with van der Waals surface area (Å²) in [5.41, 5.74) is 1.64. The van der Waals surface area contributed by atoms with Gasteiger partial charge in [-0.1, -0.05) is 12.1 Å². The van der Waals surface area contributed by atoms with E-state index in [9.17, 15) is 9.59 Å². The number of piperidine rings is 1. The fourth-order valence-electron chi connectivity index (χ4n) is 2.81. The second kappa shape index (κ2) is 8.15. The molecule has 1 saturated heterocycles. The zero-order chi connectivity index (χ0) is 16.8. The van der Waals surface area contributed by atoms with Gasteiger partial charge in [0.25, 0.3) is 5.91 Å². The lowest BCUT2D eigenvalue weighted by Gasteiger charge is -2.23. The highest BCUT2D eigenvalue weighted by molar-refractivity contribution is 5.94. The molecule has 24 heavy (non-hydrogen) atoms. The van der Waals surface area contributed by atoms with Crippen LogP contribution in [0, 0.1) is 5.92 Å². The van der Waals surface area contributed by atoms with Crippen LogP contribution in [0.4, 0.5) is 4.79 Å². The molecular weight excluding hydrogens is 304 g/mol. The van der Waals surface area contributed by atoms with E-state index in [-0.39, 0.29) is 18.0 Å². The van der Waals surface area contributed by atoms with Crippen LogP contribution in [0.5, 0.6) is 0 Å². The Morgan fingerprint density at radius 2 is 1.71 bits per heavy atom. The van der Waals surface area contributed by atoms with E-state index >= 15 is 0 Å². The molecular formula is C18H26N4O2. The Morgan fingerprint density at radius 3 is 2.38 bits per heavy atom. The summed E-state index contributed by atoms with van der Waals surface area (Å²) in [7, 11) is 0. The molecule has 3 rings (SSSR count). The average Bonchev–Trinajstić information content (AvgIpc) is 3.44. The highest BCUT2D eigenvalue weighted by Gasteiger charge is 2.21. The molecule has 0 radical (unpaired) electrons. The van der Waals surface area contributed by atoms with Gasteiger partial charge in [-0.2, -0.15) is 0 Å². The molecule has 1 aliphatic carbocycles. The number of hydrogen-bond donors (Lipinski definition) is 4. The smallest absolute Gasteiger partial charge is 0.315 e. The average molecular weight is 330 g/mol. The molecule has 1 saturated carbocycles. The van der Waals surface area contributed by atoms with Gasteiger partial charge in [-0.3, -0.25) is 4.79 Å². The fraction of sp³-hybridized carbons (Fsp3) is 0.556. The Hall–Kier alpha value is -2.08. The van der Waals surface area contributed by atoms with Crippen molar-refractivity contribution in [3.63, 3.8) is 0 Å². The summed E-state index contributed by atoms with van der Waals surface area (Å²) in [6.07, 6.45) is 4.40. The third-order valence-electron chi connectivity index (χ3n) is 4.59. The van der Waals surface area contributed by atoms with E-state index in [1.807, 2.05) is 24.3 Å². The monoisotopic (exact) mass is 330 g/mol. The maximum Gasteiger partial charge on any atom is 0.315 e. The maximum atomic E-state index is 12.2. The Labute approximate surface area is 142 Å². The minimum Gasteiger partial charge on any atom is -0.349 e. The van der Waals surface area contributed by atoms with Crippen molar-refractivity contribution in [1.29, 1.82) is 0 Å². The Balaban J connectivity index is 1.42. The molecule has 2 fully saturated rings. The van der Waals surface area contributed by atoms with Crippen molar-refractivity contribution in [2.45, 2.75) is 38.3 Å². The van der Waals surface area contributed by atoms with Gasteiger partial charge in [-0.05, 0) is 62.4 Å². The third-order valence-corrected chi connectivity index (χ3v) is 4.59. The van der Waals surface area contributed by atoms with Gasteiger partial charge in [-0.25, -0.2) is 4.79 Å². The van der Waals surface area contributed by atoms with Crippen molar-refractivity contribution in [3.8, 4) is 0 Å². The second-order valence-corrected chi connectivity index (χ2v) is 6.70. The molecule has 3 amide bonds. The molecule has 1 aliphatic heterocycles. The van der Waals surface area contributed by atoms with E-state index in [2.05, 4.69) is 21.3 Å². The fourth-order valence-corrected chi connectivity index (χ4v) is 2.81. The van der Waals surface area contributed by atoms with E-state index in [1.54, 1.807) is 0 Å². The molecule has 1 aromatic carbocycles. The Bertz CT molecular complexity index is 563. The zero-order valence-corrected chi connectivity index (χ0v) is 13.9. The molecule has 2 aliphatic rings. The van der Waals surface area contributed by atoms with E-state index in [4.69, 9.17) is 0 Å². The van der Waals surface area contributed by atoms with Crippen molar-refractivity contribution in [1.82, 2.24) is 21.3 Å². The minimum absolute atomic E-state index is 0.0245. The first-order valence-electron chi connectivity index (χ1n) is 8.83. The molecule has 0 bridgehead atoms. The highest BCUT2D eigenvalue weighted by Crippen LogP contribution is 2.27. The summed E-state index contributed by atoms with van der Waals surface area (Å²) >= 11 is 0. The van der Waals surface area contributed by atoms with Crippen LogP contribution in [0.15, 0.2) is 24.3 Å². The SMILES string of the molecule is O=C(NCc1ccc(C(=O)NC2CCNCC2)cc1)NCC1CC1. The van der Waals surface area contributed by atoms with Crippen molar-refractivity contribution >= 4 is 11.9 Å². The molecule has 1 heterocycles. The molecule has 6 heteroatoms. The van der Waals surface area contributed by atoms with Gasteiger partial charge >= 0.3 is 6.03 Å². The first-order chi connectivity index (χ1) is 11.7. The second-order valence-electron chi connectivity index (χ2n) is 6.70. The van der Waals surface area contributed by atoms with Crippen LogP contribution in [0.3, 0.4) is 0 Å². The molecule has 0 spiro atoms. The normalized spacial score (nSPS) is 18.0. The summed E-state index contributed by atoms with van der Waals surface area (Å²) in [5, 5.41) is 12.1. The van der Waals surface area contributed by atoms with Gasteiger partial charge in [0.05, 0.1) is 0 Å². The lowest BCUT2D eigenvalue weighted by atomic mass is 10.1. The van der Waals surface area contributed by atoms with Crippen LogP contribution in [-0.2, 0) is 6.54 Å². The van der Waals surface area contributed by atoms with Crippen LogP contribution in [0.2, 0.25) is 0 Å². The first kappa shape index (κ1) is 16.8. The molecule has 6 nitrogen and oxygen atoms in total. The predicted molar refractivity (Wildman–Crippen MR) is 92.8 cm³/mol. The Morgan fingerprint density at radius 1 is 1.00 bits per heavy atom. The summed E-state index contributed by atoms with van der Waals surface area (Å²) < 4.78 is 0. The molecule has 130 valence electrons. The molecule has 0 unspecified atom stereocenters. The van der Waals surface area contributed by atoms with Gasteiger partial charge < -0.3 is 21.3 Å². The van der Waals surface area contributed by atoms with Crippen molar-refractivity contribution in [2.24, 2.45) is 5.92 Å². The first-order valence-corrected chi connectivity index (χ1v) is 8.83. The van der Waals surface area contributed by atoms with E-state index in [0.29, 0.717) is 18.0 Å². The molecule has 0 aromatic heterocycles. The van der Waals surface area contributed by atoms with E-state index in [1.165, 1.54) is 12.8 Å². The highest BCUT2D eigenvalue weighted by atomic mass is 16.2. The van der Waals surface area contributed by atoms with Crippen LogP contribution in [0.25, 0.3) is 0 Å². The molecule has 0 atom stereocenters. The van der Waals surface area contributed by atoms with Crippen LogP contribution in [0.1, 0.15) is 41.6 Å². The topological polar surface area (TPSA) is 82.3 Å². The van der Waals surface area contributed by atoms with E-state index < -0.39 is 0 Å². The number of urea groups is 1. The van der Waals surface area contributed by atoms with Gasteiger partial charge in [0, 0.05) is 24.7 Å². The summed E-state index contributed by atoms with van der Waals surface area (Å²) in [4.78, 5) is 23.9. The third kappa shape index (κ3) is 5.23. The number of carbonyl (C=O) groups is 2. The predicted octanol–water partition coefficient (Wildman–Crippen LogP) is 1.38. The minimum atomic E-state index is -0.130. The molecule has 4 N–H and O–H groups in total. The van der Waals surface area contributed by atoms with E-state index in [0.717, 1.165) is 38.0 Å². The van der Waals surface area contributed by atoms with Gasteiger partial charge in [0.15, 0.2) is 0 Å².